The molecule has 0 saturated carbocycles. The summed E-state index contributed by atoms with van der Waals surface area (Å²) in [6, 6.07) is 11.8. The number of aromatic nitrogens is 2. The van der Waals surface area contributed by atoms with Gasteiger partial charge in [0.1, 0.15) is 5.65 Å². The number of benzene rings is 1. The second kappa shape index (κ2) is 7.91. The summed E-state index contributed by atoms with van der Waals surface area (Å²) < 4.78 is 24.2. The molecule has 0 aliphatic heterocycles. The van der Waals surface area contributed by atoms with Gasteiger partial charge in [0.25, 0.3) is 0 Å². The number of hydrogen-bond donors (Lipinski definition) is 2. The number of hydrogen-bond acceptors (Lipinski definition) is 4. The zero-order valence-corrected chi connectivity index (χ0v) is 15.7. The maximum atomic E-state index is 12.0. The zero-order chi connectivity index (χ0) is 19.4. The van der Waals surface area contributed by atoms with E-state index in [0.29, 0.717) is 29.5 Å². The molecule has 3 N–H and O–H groups in total. The molecule has 0 fully saturated rings. The molecule has 0 radical (unpaired) electrons. The van der Waals surface area contributed by atoms with E-state index in [9.17, 15) is 13.2 Å². The summed E-state index contributed by atoms with van der Waals surface area (Å²) >= 11 is 6.11. The molecule has 2 aromatic heterocycles. The fourth-order valence-corrected chi connectivity index (χ4v) is 3.28. The highest BCUT2D eigenvalue weighted by Crippen LogP contribution is 2.18. The van der Waals surface area contributed by atoms with Crippen molar-refractivity contribution >= 4 is 39.3 Å². The van der Waals surface area contributed by atoms with E-state index in [0.717, 1.165) is 5.56 Å². The summed E-state index contributed by atoms with van der Waals surface area (Å²) in [5.41, 5.74) is 2.21. The van der Waals surface area contributed by atoms with Gasteiger partial charge in [-0.1, -0.05) is 29.8 Å². The number of carbonyl (C=O) groups excluding carboxylic acids is 1. The van der Waals surface area contributed by atoms with E-state index >= 15 is 0 Å². The number of rotatable bonds is 6. The molecule has 9 heteroatoms. The fraction of sp³-hybridized carbons (Fsp3) is 0.111. The first-order valence-corrected chi connectivity index (χ1v) is 9.97. The van der Waals surface area contributed by atoms with Gasteiger partial charge in [-0.05, 0) is 42.3 Å². The lowest BCUT2D eigenvalue weighted by Crippen LogP contribution is -2.23. The molecule has 2 heterocycles. The van der Waals surface area contributed by atoms with Crippen LogP contribution in [0.25, 0.3) is 11.7 Å². The van der Waals surface area contributed by atoms with E-state index in [1.807, 2.05) is 24.4 Å². The molecular weight excluding hydrogens is 388 g/mol. The van der Waals surface area contributed by atoms with E-state index < -0.39 is 10.0 Å². The summed E-state index contributed by atoms with van der Waals surface area (Å²) in [6.45, 7) is 0.402. The molecule has 1 aromatic carbocycles. The number of fused-ring (bicyclic) bond motifs is 1. The summed E-state index contributed by atoms with van der Waals surface area (Å²) in [6.07, 6.45) is 5.38. The number of amides is 1. The van der Waals surface area contributed by atoms with E-state index in [1.54, 1.807) is 22.6 Å². The third-order valence-electron chi connectivity index (χ3n) is 3.88. The van der Waals surface area contributed by atoms with Crippen LogP contribution in [0.15, 0.2) is 59.6 Å². The average molecular weight is 405 g/mol. The van der Waals surface area contributed by atoms with Crippen LogP contribution in [-0.4, -0.2) is 30.3 Å². The molecule has 3 rings (SSSR count). The monoisotopic (exact) mass is 404 g/mol. The Morgan fingerprint density at radius 3 is 2.67 bits per heavy atom. The predicted molar refractivity (Wildman–Crippen MR) is 104 cm³/mol. The first kappa shape index (κ1) is 19.1. The van der Waals surface area contributed by atoms with Gasteiger partial charge in [0.05, 0.1) is 10.6 Å². The normalized spacial score (nSPS) is 11.9. The van der Waals surface area contributed by atoms with Crippen molar-refractivity contribution in [3.63, 3.8) is 0 Å². The number of carbonyl (C=O) groups is 1. The first-order chi connectivity index (χ1) is 12.8. The maximum Gasteiger partial charge on any atom is 0.244 e. The quantitative estimate of drug-likeness (QED) is 0.613. The van der Waals surface area contributed by atoms with E-state index in [-0.39, 0.29) is 10.8 Å². The van der Waals surface area contributed by atoms with Crippen molar-refractivity contribution in [2.24, 2.45) is 5.14 Å². The van der Waals surface area contributed by atoms with Crippen molar-refractivity contribution in [2.75, 3.05) is 6.54 Å². The lowest BCUT2D eigenvalue weighted by molar-refractivity contribution is -0.116. The van der Waals surface area contributed by atoms with E-state index in [4.69, 9.17) is 16.7 Å². The van der Waals surface area contributed by atoms with Gasteiger partial charge in [0.2, 0.25) is 15.9 Å². The molecule has 0 atom stereocenters. The lowest BCUT2D eigenvalue weighted by Gasteiger charge is -2.04. The van der Waals surface area contributed by atoms with Crippen LogP contribution in [0, 0.1) is 0 Å². The molecule has 3 aromatic rings. The van der Waals surface area contributed by atoms with Gasteiger partial charge in [-0.3, -0.25) is 9.20 Å². The molecular formula is C18H17ClN4O3S. The van der Waals surface area contributed by atoms with Crippen LogP contribution < -0.4 is 10.5 Å². The molecule has 0 aliphatic rings. The topological polar surface area (TPSA) is 107 Å². The number of pyridine rings is 1. The number of nitrogens with two attached hydrogens (primary N) is 1. The van der Waals surface area contributed by atoms with Gasteiger partial charge in [-0.25, -0.2) is 18.5 Å². The van der Waals surface area contributed by atoms with Crippen LogP contribution in [-0.2, 0) is 21.2 Å². The van der Waals surface area contributed by atoms with Gasteiger partial charge in [-0.2, -0.15) is 0 Å². The Morgan fingerprint density at radius 1 is 1.22 bits per heavy atom. The highest BCUT2D eigenvalue weighted by Gasteiger charge is 2.08. The SMILES string of the molecule is NS(=O)(=O)c1ccc(CCNC(=O)/C=C/c2c(Cl)nc3ccccn23)cc1. The fourth-order valence-electron chi connectivity index (χ4n) is 2.52. The number of sulfonamides is 1. The minimum absolute atomic E-state index is 0.0585. The van der Waals surface area contributed by atoms with Crippen LogP contribution in [0.2, 0.25) is 5.15 Å². The van der Waals surface area contributed by atoms with Crippen molar-refractivity contribution in [1.82, 2.24) is 14.7 Å². The Kier molecular flexibility index (Phi) is 5.59. The van der Waals surface area contributed by atoms with Crippen molar-refractivity contribution < 1.29 is 13.2 Å². The molecule has 140 valence electrons. The minimum atomic E-state index is -3.70. The molecule has 0 saturated heterocycles. The van der Waals surface area contributed by atoms with Crippen molar-refractivity contribution in [3.8, 4) is 0 Å². The van der Waals surface area contributed by atoms with Crippen molar-refractivity contribution in [3.05, 3.63) is 71.1 Å². The predicted octanol–water partition coefficient (Wildman–Crippen LogP) is 2.01. The number of imidazole rings is 1. The Bertz CT molecular complexity index is 1110. The smallest absolute Gasteiger partial charge is 0.244 e. The second-order valence-electron chi connectivity index (χ2n) is 5.78. The second-order valence-corrected chi connectivity index (χ2v) is 7.70. The summed E-state index contributed by atoms with van der Waals surface area (Å²) in [4.78, 5) is 16.3. The summed E-state index contributed by atoms with van der Waals surface area (Å²) in [5, 5.41) is 8.14. The summed E-state index contributed by atoms with van der Waals surface area (Å²) in [5.74, 6) is -0.266. The van der Waals surface area contributed by atoms with Gasteiger partial charge in [0, 0.05) is 18.8 Å². The summed E-state index contributed by atoms with van der Waals surface area (Å²) in [7, 11) is -3.70. The minimum Gasteiger partial charge on any atom is -0.352 e. The number of nitrogens with zero attached hydrogens (tertiary/aromatic N) is 2. The highest BCUT2D eigenvalue weighted by atomic mass is 35.5. The zero-order valence-electron chi connectivity index (χ0n) is 14.2. The van der Waals surface area contributed by atoms with E-state index in [2.05, 4.69) is 10.3 Å². The van der Waals surface area contributed by atoms with Gasteiger partial charge in [-0.15, -0.1) is 0 Å². The number of nitrogens with one attached hydrogen (secondary N) is 1. The highest BCUT2D eigenvalue weighted by molar-refractivity contribution is 7.89. The van der Waals surface area contributed by atoms with Crippen LogP contribution in [0.1, 0.15) is 11.3 Å². The van der Waals surface area contributed by atoms with Gasteiger partial charge >= 0.3 is 0 Å². The molecule has 1 amide bonds. The molecule has 7 nitrogen and oxygen atoms in total. The molecule has 0 aliphatic carbocycles. The number of halogens is 1. The third-order valence-corrected chi connectivity index (χ3v) is 5.09. The Morgan fingerprint density at radius 2 is 1.96 bits per heavy atom. The van der Waals surface area contributed by atoms with Crippen LogP contribution in [0.3, 0.4) is 0 Å². The Balaban J connectivity index is 1.57. The lowest BCUT2D eigenvalue weighted by atomic mass is 10.1. The molecule has 27 heavy (non-hydrogen) atoms. The third kappa shape index (κ3) is 4.73. The molecule has 0 bridgehead atoms. The van der Waals surface area contributed by atoms with Gasteiger partial charge < -0.3 is 5.32 Å². The van der Waals surface area contributed by atoms with Gasteiger partial charge in [0.15, 0.2) is 5.15 Å². The first-order valence-electron chi connectivity index (χ1n) is 8.05. The number of primary sulfonamides is 1. The molecule has 0 spiro atoms. The van der Waals surface area contributed by atoms with Crippen LogP contribution >= 0.6 is 11.6 Å². The van der Waals surface area contributed by atoms with Crippen LogP contribution in [0.5, 0.6) is 0 Å². The molecule has 0 unspecified atom stereocenters. The van der Waals surface area contributed by atoms with Crippen LogP contribution in [0.4, 0.5) is 0 Å². The van der Waals surface area contributed by atoms with Crippen molar-refractivity contribution in [1.29, 1.82) is 0 Å². The maximum absolute atomic E-state index is 12.0. The Hall–Kier alpha value is -2.68. The Labute approximate surface area is 161 Å². The van der Waals surface area contributed by atoms with Crippen molar-refractivity contribution in [2.45, 2.75) is 11.3 Å². The standard InChI is InChI=1S/C18H17ClN4O3S/c19-18-15(23-12-2-1-3-16(23)22-18)8-9-17(24)21-11-10-13-4-6-14(7-5-13)27(20,25)26/h1-9,12H,10-11H2,(H,21,24)(H2,20,25,26)/b9-8+. The largest absolute Gasteiger partial charge is 0.352 e. The van der Waals surface area contributed by atoms with E-state index in [1.165, 1.54) is 18.2 Å². The average Bonchev–Trinajstić information content (AvgIpc) is 2.95.